The molecule has 134 valence electrons. The van der Waals surface area contributed by atoms with Crippen LogP contribution in [0.3, 0.4) is 0 Å². The van der Waals surface area contributed by atoms with Gasteiger partial charge in [-0.15, -0.1) is 11.3 Å². The van der Waals surface area contributed by atoms with Crippen LogP contribution in [-0.2, 0) is 6.61 Å². The van der Waals surface area contributed by atoms with E-state index >= 15 is 0 Å². The molecule has 1 amide bonds. The zero-order valence-corrected chi connectivity index (χ0v) is 15.9. The number of nitrogens with one attached hydrogen (secondary N) is 1. The quantitative estimate of drug-likeness (QED) is 0.582. The molecule has 1 aromatic heterocycles. The van der Waals surface area contributed by atoms with Crippen molar-refractivity contribution in [3.63, 3.8) is 0 Å². The predicted molar refractivity (Wildman–Crippen MR) is 104 cm³/mol. The summed E-state index contributed by atoms with van der Waals surface area (Å²) in [5.74, 6) is 0.0772. The number of ether oxygens (including phenoxy) is 1. The largest absolute Gasteiger partial charge is 0.488 e. The van der Waals surface area contributed by atoms with Gasteiger partial charge in [0.1, 0.15) is 18.2 Å². The van der Waals surface area contributed by atoms with Crippen LogP contribution in [0, 0.1) is 19.7 Å². The topological polar surface area (TPSA) is 38.3 Å². The molecule has 0 aliphatic carbocycles. The van der Waals surface area contributed by atoms with Crippen molar-refractivity contribution in [2.75, 3.05) is 5.32 Å². The second kappa shape index (κ2) is 7.89. The lowest BCUT2D eigenvalue weighted by molar-refractivity contribution is 0.103. The Labute approximate surface area is 160 Å². The van der Waals surface area contributed by atoms with Crippen molar-refractivity contribution >= 4 is 34.5 Å². The van der Waals surface area contributed by atoms with Crippen molar-refractivity contribution in [3.8, 4) is 5.75 Å². The molecule has 0 saturated carbocycles. The van der Waals surface area contributed by atoms with E-state index in [4.69, 9.17) is 16.3 Å². The number of rotatable bonds is 5. The number of hydrogen-bond donors (Lipinski definition) is 1. The van der Waals surface area contributed by atoms with Crippen molar-refractivity contribution in [1.29, 1.82) is 0 Å². The Morgan fingerprint density at radius 1 is 1.19 bits per heavy atom. The Morgan fingerprint density at radius 2 is 1.92 bits per heavy atom. The number of anilines is 1. The molecule has 1 heterocycles. The van der Waals surface area contributed by atoms with Crippen molar-refractivity contribution in [2.24, 2.45) is 0 Å². The summed E-state index contributed by atoms with van der Waals surface area (Å²) < 4.78 is 19.1. The van der Waals surface area contributed by atoms with Crippen LogP contribution < -0.4 is 10.1 Å². The highest BCUT2D eigenvalue weighted by atomic mass is 35.5. The summed E-state index contributed by atoms with van der Waals surface area (Å²) in [7, 11) is 0. The van der Waals surface area contributed by atoms with Crippen LogP contribution in [0.2, 0.25) is 5.02 Å². The van der Waals surface area contributed by atoms with Gasteiger partial charge in [-0.2, -0.15) is 0 Å². The number of thiophene rings is 1. The Bertz CT molecular complexity index is 934. The third-order valence-corrected chi connectivity index (χ3v) is 5.11. The Kier molecular flexibility index (Phi) is 5.59. The maximum atomic E-state index is 13.2. The van der Waals surface area contributed by atoms with Crippen LogP contribution in [0.5, 0.6) is 5.75 Å². The molecule has 1 N–H and O–H groups in total. The van der Waals surface area contributed by atoms with Gasteiger partial charge < -0.3 is 10.1 Å². The molecular formula is C20H17ClFNO2S. The molecule has 3 aromatic rings. The molecule has 0 saturated heterocycles. The van der Waals surface area contributed by atoms with Crippen molar-refractivity contribution in [3.05, 3.63) is 80.3 Å². The molecule has 0 aliphatic rings. The van der Waals surface area contributed by atoms with Gasteiger partial charge in [-0.25, -0.2) is 4.39 Å². The minimum Gasteiger partial charge on any atom is -0.488 e. The average molecular weight is 390 g/mol. The minimum atomic E-state index is -0.522. The molecule has 6 heteroatoms. The molecule has 3 rings (SSSR count). The molecular weight excluding hydrogens is 373 g/mol. The first-order valence-electron chi connectivity index (χ1n) is 7.97. The number of benzene rings is 2. The van der Waals surface area contributed by atoms with Crippen molar-refractivity contribution in [1.82, 2.24) is 0 Å². The number of para-hydroxylation sites is 1. The number of hydrogen-bond acceptors (Lipinski definition) is 3. The molecule has 26 heavy (non-hydrogen) atoms. The highest BCUT2D eigenvalue weighted by molar-refractivity contribution is 7.12. The van der Waals surface area contributed by atoms with E-state index in [0.717, 1.165) is 22.4 Å². The summed E-state index contributed by atoms with van der Waals surface area (Å²) in [6, 6.07) is 11.9. The first-order valence-corrected chi connectivity index (χ1v) is 9.22. The Morgan fingerprint density at radius 3 is 2.62 bits per heavy atom. The third-order valence-electron chi connectivity index (χ3n) is 3.85. The zero-order valence-electron chi connectivity index (χ0n) is 14.3. The molecule has 0 spiro atoms. The van der Waals surface area contributed by atoms with Gasteiger partial charge >= 0.3 is 0 Å². The smallest absolute Gasteiger partial charge is 0.265 e. The lowest BCUT2D eigenvalue weighted by Gasteiger charge is -2.10. The summed E-state index contributed by atoms with van der Waals surface area (Å²) in [6.07, 6.45) is 0. The van der Waals surface area contributed by atoms with E-state index in [0.29, 0.717) is 17.2 Å². The lowest BCUT2D eigenvalue weighted by Crippen LogP contribution is -2.10. The van der Waals surface area contributed by atoms with Gasteiger partial charge in [0.25, 0.3) is 5.91 Å². The zero-order chi connectivity index (χ0) is 18.7. The fourth-order valence-electron chi connectivity index (χ4n) is 2.52. The second-order valence-electron chi connectivity index (χ2n) is 5.91. The van der Waals surface area contributed by atoms with Crippen LogP contribution >= 0.6 is 22.9 Å². The maximum absolute atomic E-state index is 13.2. The van der Waals surface area contributed by atoms with E-state index in [9.17, 15) is 9.18 Å². The van der Waals surface area contributed by atoms with Gasteiger partial charge in [0.15, 0.2) is 0 Å². The van der Waals surface area contributed by atoms with E-state index in [-0.39, 0.29) is 10.9 Å². The number of carbonyl (C=O) groups is 1. The van der Waals surface area contributed by atoms with Crippen LogP contribution in [-0.4, -0.2) is 5.91 Å². The normalized spacial score (nSPS) is 10.6. The highest BCUT2D eigenvalue weighted by Gasteiger charge is 2.12. The van der Waals surface area contributed by atoms with Gasteiger partial charge in [-0.1, -0.05) is 29.8 Å². The molecule has 2 aromatic carbocycles. The van der Waals surface area contributed by atoms with Crippen LogP contribution in [0.25, 0.3) is 0 Å². The van der Waals surface area contributed by atoms with Gasteiger partial charge in [0.05, 0.1) is 9.90 Å². The fraction of sp³-hybridized carbons (Fsp3) is 0.150. The summed E-state index contributed by atoms with van der Waals surface area (Å²) >= 11 is 7.06. The van der Waals surface area contributed by atoms with Crippen LogP contribution in [0.4, 0.5) is 10.1 Å². The van der Waals surface area contributed by atoms with E-state index in [1.165, 1.54) is 29.5 Å². The molecule has 0 fully saturated rings. The molecule has 0 aliphatic heterocycles. The Balaban J connectivity index is 1.65. The van der Waals surface area contributed by atoms with Gasteiger partial charge in [-0.05, 0) is 54.6 Å². The molecule has 0 unspecified atom stereocenters. The second-order valence-corrected chi connectivity index (χ2v) is 7.23. The monoisotopic (exact) mass is 389 g/mol. The van der Waals surface area contributed by atoms with Crippen LogP contribution in [0.15, 0.2) is 47.8 Å². The van der Waals surface area contributed by atoms with Crippen molar-refractivity contribution in [2.45, 2.75) is 20.5 Å². The SMILES string of the molecule is Cc1cccc(C)c1OCc1csc(C(=O)Nc2ccc(F)c(Cl)c2)c1. The maximum Gasteiger partial charge on any atom is 0.265 e. The molecule has 0 bridgehead atoms. The number of aryl methyl sites for hydroxylation is 2. The number of halogens is 2. The molecule has 0 atom stereocenters. The number of amides is 1. The molecule has 0 radical (unpaired) electrons. The van der Waals surface area contributed by atoms with Gasteiger partial charge in [-0.3, -0.25) is 4.79 Å². The predicted octanol–water partition coefficient (Wildman–Crippen LogP) is 5.99. The first-order chi connectivity index (χ1) is 12.4. The fourth-order valence-corrected chi connectivity index (χ4v) is 3.49. The standard InChI is InChI=1S/C20H17ClFNO2S/c1-12-4-3-5-13(2)19(12)25-10-14-8-18(26-11-14)20(24)23-15-6-7-17(22)16(21)9-15/h3-9,11H,10H2,1-2H3,(H,23,24). The Hall–Kier alpha value is -2.37. The van der Waals surface area contributed by atoms with E-state index in [1.807, 2.05) is 37.4 Å². The first kappa shape index (κ1) is 18.4. The summed E-state index contributed by atoms with van der Waals surface area (Å²) in [6.45, 7) is 4.39. The highest BCUT2D eigenvalue weighted by Crippen LogP contribution is 2.25. The van der Waals surface area contributed by atoms with Crippen molar-refractivity contribution < 1.29 is 13.9 Å². The van der Waals surface area contributed by atoms with Gasteiger partial charge in [0, 0.05) is 11.3 Å². The van der Waals surface area contributed by atoms with E-state index in [1.54, 1.807) is 6.07 Å². The summed E-state index contributed by atoms with van der Waals surface area (Å²) in [5.41, 5.74) is 3.51. The minimum absolute atomic E-state index is 0.0309. The van der Waals surface area contributed by atoms with E-state index in [2.05, 4.69) is 5.32 Å². The van der Waals surface area contributed by atoms with E-state index < -0.39 is 5.82 Å². The average Bonchev–Trinajstić information content (AvgIpc) is 3.07. The summed E-state index contributed by atoms with van der Waals surface area (Å²) in [5, 5.41) is 4.57. The van der Waals surface area contributed by atoms with Gasteiger partial charge in [0.2, 0.25) is 0 Å². The summed E-state index contributed by atoms with van der Waals surface area (Å²) in [4.78, 5) is 12.9. The lowest BCUT2D eigenvalue weighted by atomic mass is 10.1. The van der Waals surface area contributed by atoms with Crippen LogP contribution in [0.1, 0.15) is 26.4 Å². The third kappa shape index (κ3) is 4.23. The number of carbonyl (C=O) groups excluding carboxylic acids is 1. The molecule has 3 nitrogen and oxygen atoms in total.